The van der Waals surface area contributed by atoms with E-state index in [2.05, 4.69) is 41.5 Å². The lowest BCUT2D eigenvalue weighted by Crippen LogP contribution is -2.34. The van der Waals surface area contributed by atoms with Gasteiger partial charge in [-0.1, -0.05) is 45.8 Å². The maximum absolute atomic E-state index is 2.64. The molecule has 140 valence electrons. The average molecular weight is 341 g/mol. The molecule has 25 heavy (non-hydrogen) atoms. The second-order valence-electron chi connectivity index (χ2n) is 10.8. The number of hydrogen-bond donors (Lipinski definition) is 0. The van der Waals surface area contributed by atoms with Gasteiger partial charge in [0.1, 0.15) is 0 Å². The molecule has 0 radical (unpaired) electrons. The molecule has 2 saturated carbocycles. The summed E-state index contributed by atoms with van der Waals surface area (Å²) in [5.74, 6) is 5.38. The molecule has 0 heterocycles. The Kier molecular flexibility index (Phi) is 4.49. The van der Waals surface area contributed by atoms with Gasteiger partial charge in [-0.2, -0.15) is 0 Å². The van der Waals surface area contributed by atoms with Crippen LogP contribution in [0.4, 0.5) is 0 Å². The molecule has 0 amide bonds. The van der Waals surface area contributed by atoms with Crippen LogP contribution in [0.15, 0.2) is 22.3 Å². The van der Waals surface area contributed by atoms with Crippen molar-refractivity contribution in [3.05, 3.63) is 22.3 Å². The molecule has 4 aliphatic carbocycles. The van der Waals surface area contributed by atoms with E-state index in [1.165, 1.54) is 51.4 Å². The summed E-state index contributed by atoms with van der Waals surface area (Å²) in [6.07, 6.45) is 11.4. The van der Waals surface area contributed by atoms with Crippen LogP contribution in [-0.4, -0.2) is 0 Å². The van der Waals surface area contributed by atoms with Crippen molar-refractivity contribution in [1.29, 1.82) is 0 Å². The summed E-state index contributed by atoms with van der Waals surface area (Å²) in [6.45, 7) is 15.2. The number of allylic oxidation sites excluding steroid dienone is 4. The summed E-state index contributed by atoms with van der Waals surface area (Å²) in [5, 5.41) is 0. The minimum atomic E-state index is 0.592. The maximum Gasteiger partial charge on any atom is -0.0171 e. The molecule has 0 aromatic carbocycles. The van der Waals surface area contributed by atoms with Crippen LogP contribution >= 0.6 is 0 Å². The molecular weight excluding hydrogens is 300 g/mol. The molecule has 6 atom stereocenters. The second kappa shape index (κ2) is 6.28. The zero-order chi connectivity index (χ0) is 17.9. The maximum atomic E-state index is 2.64. The van der Waals surface area contributed by atoms with Gasteiger partial charge in [-0.25, -0.2) is 0 Å². The quantitative estimate of drug-likeness (QED) is 0.462. The van der Waals surface area contributed by atoms with Crippen LogP contribution in [0.25, 0.3) is 0 Å². The molecule has 0 saturated heterocycles. The smallest absolute Gasteiger partial charge is 0.0171 e. The SMILES string of the molecule is C/C1=C2\CCC(C)C2CCC(C)C2=C1CC1C(C(C)C)CCC1(C)C2. The first-order chi connectivity index (χ1) is 11.8. The average Bonchev–Trinajstić information content (AvgIpc) is 3.09. The monoisotopic (exact) mass is 340 g/mol. The van der Waals surface area contributed by atoms with Gasteiger partial charge in [0, 0.05) is 0 Å². The lowest BCUT2D eigenvalue weighted by molar-refractivity contribution is 0.146. The predicted octanol–water partition coefficient (Wildman–Crippen LogP) is 7.56. The number of rotatable bonds is 1. The third-order valence-corrected chi connectivity index (χ3v) is 9.17. The second-order valence-corrected chi connectivity index (χ2v) is 10.8. The van der Waals surface area contributed by atoms with Crippen molar-refractivity contribution >= 4 is 0 Å². The first-order valence-electron chi connectivity index (χ1n) is 11.2. The third kappa shape index (κ3) is 2.78. The van der Waals surface area contributed by atoms with Crippen LogP contribution in [0.3, 0.4) is 0 Å². The molecule has 0 aliphatic heterocycles. The molecule has 4 rings (SSSR count). The van der Waals surface area contributed by atoms with Crippen molar-refractivity contribution < 1.29 is 0 Å². The largest absolute Gasteiger partial charge is 0.0636 e. The zero-order valence-electron chi connectivity index (χ0n) is 17.6. The molecule has 4 aliphatic rings. The van der Waals surface area contributed by atoms with Gasteiger partial charge < -0.3 is 0 Å². The topological polar surface area (TPSA) is 0 Å². The summed E-state index contributed by atoms with van der Waals surface area (Å²) in [6, 6.07) is 0. The zero-order valence-corrected chi connectivity index (χ0v) is 17.6. The highest BCUT2D eigenvalue weighted by Crippen LogP contribution is 2.61. The highest BCUT2D eigenvalue weighted by molar-refractivity contribution is 5.44. The minimum absolute atomic E-state index is 0.592. The van der Waals surface area contributed by atoms with Crippen molar-refractivity contribution in [3.8, 4) is 0 Å². The molecule has 6 unspecified atom stereocenters. The first kappa shape index (κ1) is 17.9. The Morgan fingerprint density at radius 1 is 1.00 bits per heavy atom. The van der Waals surface area contributed by atoms with Crippen molar-refractivity contribution in [3.63, 3.8) is 0 Å². The van der Waals surface area contributed by atoms with Crippen molar-refractivity contribution in [2.45, 2.75) is 92.9 Å². The van der Waals surface area contributed by atoms with E-state index in [1.807, 2.05) is 16.7 Å². The van der Waals surface area contributed by atoms with Gasteiger partial charge in [0.2, 0.25) is 0 Å². The van der Waals surface area contributed by atoms with Crippen LogP contribution in [0, 0.1) is 40.9 Å². The highest BCUT2D eigenvalue weighted by Gasteiger charge is 2.50. The summed E-state index contributed by atoms with van der Waals surface area (Å²) in [4.78, 5) is 0. The van der Waals surface area contributed by atoms with Gasteiger partial charge in [-0.3, -0.25) is 0 Å². The van der Waals surface area contributed by atoms with E-state index in [1.54, 1.807) is 5.57 Å². The fraction of sp³-hybridized carbons (Fsp3) is 0.840. The molecule has 0 aromatic heterocycles. The van der Waals surface area contributed by atoms with Crippen molar-refractivity contribution in [2.75, 3.05) is 0 Å². The van der Waals surface area contributed by atoms with E-state index in [9.17, 15) is 0 Å². The number of hydrogen-bond acceptors (Lipinski definition) is 0. The van der Waals surface area contributed by atoms with E-state index in [0.29, 0.717) is 5.41 Å². The molecule has 0 spiro atoms. The minimum Gasteiger partial charge on any atom is -0.0636 e. The normalized spacial score (nSPS) is 47.4. The van der Waals surface area contributed by atoms with E-state index >= 15 is 0 Å². The first-order valence-corrected chi connectivity index (χ1v) is 11.2. The molecule has 0 nitrogen and oxygen atoms in total. The Morgan fingerprint density at radius 3 is 2.48 bits per heavy atom. The summed E-state index contributed by atoms with van der Waals surface area (Å²) < 4.78 is 0. The van der Waals surface area contributed by atoms with E-state index in [-0.39, 0.29) is 0 Å². The predicted molar refractivity (Wildman–Crippen MR) is 108 cm³/mol. The van der Waals surface area contributed by atoms with Crippen molar-refractivity contribution in [1.82, 2.24) is 0 Å². The Balaban J connectivity index is 1.77. The lowest BCUT2D eigenvalue weighted by Gasteiger charge is -2.45. The fourth-order valence-corrected chi connectivity index (χ4v) is 7.41. The van der Waals surface area contributed by atoms with Gasteiger partial charge >= 0.3 is 0 Å². The van der Waals surface area contributed by atoms with Gasteiger partial charge in [0.15, 0.2) is 0 Å². The van der Waals surface area contributed by atoms with Crippen molar-refractivity contribution in [2.24, 2.45) is 40.9 Å². The van der Waals surface area contributed by atoms with E-state index in [0.717, 1.165) is 35.5 Å². The van der Waals surface area contributed by atoms with Crippen LogP contribution < -0.4 is 0 Å². The molecular formula is C25H40. The summed E-state index contributed by atoms with van der Waals surface area (Å²) in [5.41, 5.74) is 7.94. The Hall–Kier alpha value is -0.520. The Bertz CT molecular complexity index is 604. The summed E-state index contributed by atoms with van der Waals surface area (Å²) in [7, 11) is 0. The van der Waals surface area contributed by atoms with Gasteiger partial charge in [0.25, 0.3) is 0 Å². The molecule has 0 N–H and O–H groups in total. The van der Waals surface area contributed by atoms with Crippen LogP contribution in [0.2, 0.25) is 0 Å². The standard InChI is InChI=1S/C25H40/c1-15(2)19-11-12-25(6)14-23-17(4)7-9-20-16(3)8-10-21(20)18(5)22(23)13-24(19)25/h15-17,19-20,24H,7-14H2,1-6H3/b21-18-. The third-order valence-electron chi connectivity index (χ3n) is 9.17. The Morgan fingerprint density at radius 2 is 1.76 bits per heavy atom. The van der Waals surface area contributed by atoms with Crippen LogP contribution in [0.1, 0.15) is 92.9 Å². The molecule has 2 fully saturated rings. The molecule has 0 bridgehead atoms. The van der Waals surface area contributed by atoms with Gasteiger partial charge in [-0.05, 0) is 110 Å². The fourth-order valence-electron chi connectivity index (χ4n) is 7.41. The summed E-state index contributed by atoms with van der Waals surface area (Å²) >= 11 is 0. The van der Waals surface area contributed by atoms with E-state index < -0.39 is 0 Å². The lowest BCUT2D eigenvalue weighted by atomic mass is 9.60. The van der Waals surface area contributed by atoms with Gasteiger partial charge in [-0.15, -0.1) is 0 Å². The van der Waals surface area contributed by atoms with E-state index in [4.69, 9.17) is 0 Å². The van der Waals surface area contributed by atoms with Gasteiger partial charge in [0.05, 0.1) is 0 Å². The Labute approximate surface area is 156 Å². The van der Waals surface area contributed by atoms with Crippen LogP contribution in [0.5, 0.6) is 0 Å². The number of fused-ring (bicyclic) bond motifs is 2. The highest BCUT2D eigenvalue weighted by atomic mass is 14.5. The molecule has 0 aromatic rings. The van der Waals surface area contributed by atoms with Crippen LogP contribution in [-0.2, 0) is 0 Å². The molecule has 0 heteroatoms.